The summed E-state index contributed by atoms with van der Waals surface area (Å²) in [5, 5.41) is 13.1. The molecule has 0 aliphatic heterocycles. The molecule has 0 spiro atoms. The topological polar surface area (TPSA) is 119 Å². The second-order valence-electron chi connectivity index (χ2n) is 6.30. The Hall–Kier alpha value is -4.01. The number of hydrogen-bond acceptors (Lipinski definition) is 6. The number of aromatic amines is 1. The molecule has 29 heavy (non-hydrogen) atoms. The van der Waals surface area contributed by atoms with E-state index < -0.39 is 5.82 Å². The van der Waals surface area contributed by atoms with Gasteiger partial charge in [0.15, 0.2) is 11.3 Å². The van der Waals surface area contributed by atoms with Crippen molar-refractivity contribution in [3.05, 3.63) is 77.1 Å². The molecule has 0 bridgehead atoms. The average Bonchev–Trinajstić information content (AvgIpc) is 3.20. The lowest BCUT2D eigenvalue weighted by molar-refractivity contribution is 0.0950. The van der Waals surface area contributed by atoms with E-state index in [0.717, 1.165) is 5.56 Å². The number of carbonyl (C=O) groups is 1. The Morgan fingerprint density at radius 3 is 2.79 bits per heavy atom. The largest absolute Gasteiger partial charge is 0.486 e. The zero-order valence-corrected chi connectivity index (χ0v) is 15.2. The third kappa shape index (κ3) is 4.13. The number of nitrogens with one attached hydrogen (secondary N) is 2. The van der Waals surface area contributed by atoms with Crippen molar-refractivity contribution in [3.8, 4) is 5.75 Å². The van der Waals surface area contributed by atoms with Gasteiger partial charge in [0.25, 0.3) is 5.91 Å². The average molecular weight is 392 g/mol. The van der Waals surface area contributed by atoms with Crippen molar-refractivity contribution in [1.29, 1.82) is 0 Å². The number of nitrogens with zero attached hydrogens (tertiary/aromatic N) is 3. The van der Waals surface area contributed by atoms with E-state index in [1.807, 2.05) is 30.3 Å². The standard InChI is InChI=1S/C20H17FN6O2/c21-15-7-6-13(20(28)23-10-12-4-2-1-3-5-12)8-14(15)11-29-16-9-17(22)24-19-18(16)25-27-26-19/h1-9H,10-11H2,(H,23,28)(H3,22,24,25,26,27). The fraction of sp³-hybridized carbons (Fsp3) is 0.100. The van der Waals surface area contributed by atoms with Gasteiger partial charge in [-0.3, -0.25) is 4.79 Å². The molecule has 9 heteroatoms. The predicted molar refractivity (Wildman–Crippen MR) is 104 cm³/mol. The highest BCUT2D eigenvalue weighted by molar-refractivity contribution is 5.94. The second-order valence-corrected chi connectivity index (χ2v) is 6.30. The summed E-state index contributed by atoms with van der Waals surface area (Å²) >= 11 is 0. The van der Waals surface area contributed by atoms with Gasteiger partial charge in [-0.2, -0.15) is 10.3 Å². The van der Waals surface area contributed by atoms with Crippen LogP contribution in [0.3, 0.4) is 0 Å². The molecule has 2 aromatic heterocycles. The van der Waals surface area contributed by atoms with Crippen LogP contribution in [0.25, 0.3) is 11.2 Å². The number of hydrogen-bond donors (Lipinski definition) is 3. The van der Waals surface area contributed by atoms with Crippen LogP contribution >= 0.6 is 0 Å². The van der Waals surface area contributed by atoms with Crippen LogP contribution in [0.15, 0.2) is 54.6 Å². The van der Waals surface area contributed by atoms with Crippen molar-refractivity contribution in [1.82, 2.24) is 25.7 Å². The third-order valence-electron chi connectivity index (χ3n) is 4.26. The van der Waals surface area contributed by atoms with Gasteiger partial charge in [0.05, 0.1) is 0 Å². The van der Waals surface area contributed by atoms with Gasteiger partial charge >= 0.3 is 0 Å². The SMILES string of the molecule is Nc1cc(OCc2cc(C(=O)NCc3ccccc3)ccc2F)c2n[nH]nc2n1. The number of halogens is 1. The number of nitrogens with two attached hydrogens (primary N) is 1. The molecule has 2 heterocycles. The first-order chi connectivity index (χ1) is 14.1. The monoisotopic (exact) mass is 392 g/mol. The maximum Gasteiger partial charge on any atom is 0.251 e. The van der Waals surface area contributed by atoms with Gasteiger partial charge in [-0.05, 0) is 23.8 Å². The van der Waals surface area contributed by atoms with E-state index in [1.54, 1.807) is 0 Å². The molecule has 4 rings (SSSR count). The van der Waals surface area contributed by atoms with Crippen LogP contribution in [-0.4, -0.2) is 26.3 Å². The van der Waals surface area contributed by atoms with Crippen LogP contribution in [0.5, 0.6) is 5.75 Å². The lowest BCUT2D eigenvalue weighted by Gasteiger charge is -2.10. The fourth-order valence-corrected chi connectivity index (χ4v) is 2.80. The minimum Gasteiger partial charge on any atom is -0.486 e. The summed E-state index contributed by atoms with van der Waals surface area (Å²) < 4.78 is 19.9. The summed E-state index contributed by atoms with van der Waals surface area (Å²) in [4.78, 5) is 16.4. The number of fused-ring (bicyclic) bond motifs is 1. The zero-order chi connectivity index (χ0) is 20.2. The van der Waals surface area contributed by atoms with Gasteiger partial charge in [-0.25, -0.2) is 9.37 Å². The number of H-pyrrole nitrogens is 1. The molecular formula is C20H17FN6O2. The fourth-order valence-electron chi connectivity index (χ4n) is 2.80. The molecule has 0 saturated carbocycles. The molecular weight excluding hydrogens is 375 g/mol. The Labute approximate surface area is 164 Å². The number of nitrogen functional groups attached to an aromatic ring is 1. The Morgan fingerprint density at radius 1 is 1.14 bits per heavy atom. The van der Waals surface area contributed by atoms with E-state index in [1.165, 1.54) is 24.3 Å². The van der Waals surface area contributed by atoms with E-state index >= 15 is 0 Å². The number of aromatic nitrogens is 4. The normalized spacial score (nSPS) is 10.8. The summed E-state index contributed by atoms with van der Waals surface area (Å²) in [7, 11) is 0. The minimum atomic E-state index is -0.483. The van der Waals surface area contributed by atoms with Crippen LogP contribution in [0.2, 0.25) is 0 Å². The molecule has 0 fully saturated rings. The molecule has 0 atom stereocenters. The molecule has 146 valence electrons. The van der Waals surface area contributed by atoms with Crippen LogP contribution in [0, 0.1) is 5.82 Å². The summed E-state index contributed by atoms with van der Waals surface area (Å²) in [5.41, 5.74) is 7.95. The van der Waals surface area contributed by atoms with Crippen molar-refractivity contribution in [2.24, 2.45) is 0 Å². The summed E-state index contributed by atoms with van der Waals surface area (Å²) in [5.74, 6) is -0.263. The number of rotatable bonds is 6. The first-order valence-electron chi connectivity index (χ1n) is 8.80. The first kappa shape index (κ1) is 18.4. The quantitative estimate of drug-likeness (QED) is 0.464. The molecule has 0 unspecified atom stereocenters. The maximum absolute atomic E-state index is 14.2. The van der Waals surface area contributed by atoms with E-state index in [0.29, 0.717) is 29.0 Å². The number of amides is 1. The number of anilines is 1. The lowest BCUT2D eigenvalue weighted by atomic mass is 10.1. The highest BCUT2D eigenvalue weighted by Crippen LogP contribution is 2.24. The molecule has 0 aliphatic rings. The first-order valence-corrected chi connectivity index (χ1v) is 8.80. The Bertz CT molecular complexity index is 1160. The summed E-state index contributed by atoms with van der Waals surface area (Å²) in [6, 6.07) is 15.1. The van der Waals surface area contributed by atoms with Gasteiger partial charge in [0.2, 0.25) is 5.65 Å². The number of pyridine rings is 1. The maximum atomic E-state index is 14.2. The van der Waals surface area contributed by atoms with Gasteiger partial charge in [0, 0.05) is 23.7 Å². The number of benzene rings is 2. The van der Waals surface area contributed by atoms with E-state index in [-0.39, 0.29) is 23.9 Å². The molecule has 1 amide bonds. The molecule has 4 N–H and O–H groups in total. The van der Waals surface area contributed by atoms with Gasteiger partial charge in [-0.15, -0.1) is 5.10 Å². The predicted octanol–water partition coefficient (Wildman–Crippen LogP) is 2.58. The smallest absolute Gasteiger partial charge is 0.251 e. The van der Waals surface area contributed by atoms with Crippen LogP contribution in [0.1, 0.15) is 21.5 Å². The Kier molecular flexibility index (Phi) is 5.02. The van der Waals surface area contributed by atoms with Crippen LogP contribution in [-0.2, 0) is 13.2 Å². The number of carbonyl (C=O) groups excluding carboxylic acids is 1. The molecule has 0 saturated heterocycles. The Balaban J connectivity index is 1.48. The highest BCUT2D eigenvalue weighted by Gasteiger charge is 2.13. The molecule has 0 radical (unpaired) electrons. The molecule has 2 aromatic carbocycles. The number of ether oxygens (including phenoxy) is 1. The minimum absolute atomic E-state index is 0.114. The highest BCUT2D eigenvalue weighted by atomic mass is 19.1. The molecule has 0 aliphatic carbocycles. The second kappa shape index (κ2) is 7.93. The van der Waals surface area contributed by atoms with E-state index in [2.05, 4.69) is 25.7 Å². The van der Waals surface area contributed by atoms with Crippen molar-refractivity contribution in [3.63, 3.8) is 0 Å². The van der Waals surface area contributed by atoms with Crippen molar-refractivity contribution in [2.75, 3.05) is 5.73 Å². The molecule has 8 nitrogen and oxygen atoms in total. The summed E-state index contributed by atoms with van der Waals surface area (Å²) in [6.07, 6.45) is 0. The van der Waals surface area contributed by atoms with Crippen molar-refractivity contribution >= 4 is 22.9 Å². The Morgan fingerprint density at radius 2 is 1.97 bits per heavy atom. The van der Waals surface area contributed by atoms with Crippen LogP contribution < -0.4 is 15.8 Å². The van der Waals surface area contributed by atoms with Crippen molar-refractivity contribution in [2.45, 2.75) is 13.2 Å². The van der Waals surface area contributed by atoms with Crippen LogP contribution in [0.4, 0.5) is 10.2 Å². The lowest BCUT2D eigenvalue weighted by Crippen LogP contribution is -2.23. The summed E-state index contributed by atoms with van der Waals surface area (Å²) in [6.45, 7) is 0.264. The van der Waals surface area contributed by atoms with E-state index in [9.17, 15) is 9.18 Å². The zero-order valence-electron chi connectivity index (χ0n) is 15.2. The van der Waals surface area contributed by atoms with Gasteiger partial charge in [-0.1, -0.05) is 30.3 Å². The van der Waals surface area contributed by atoms with Gasteiger partial charge < -0.3 is 15.8 Å². The van der Waals surface area contributed by atoms with Crippen molar-refractivity contribution < 1.29 is 13.9 Å². The molecule has 4 aromatic rings. The van der Waals surface area contributed by atoms with Gasteiger partial charge in [0.1, 0.15) is 18.2 Å². The van der Waals surface area contributed by atoms with E-state index in [4.69, 9.17) is 10.5 Å². The third-order valence-corrected chi connectivity index (χ3v) is 4.26.